The zero-order valence-corrected chi connectivity index (χ0v) is 8.31. The highest BCUT2D eigenvalue weighted by Crippen LogP contribution is 2.12. The Kier molecular flexibility index (Phi) is 3.23. The van der Waals surface area contributed by atoms with Gasteiger partial charge in [0.05, 0.1) is 4.90 Å². The van der Waals surface area contributed by atoms with Crippen LogP contribution in [0, 0.1) is 0 Å². The van der Waals surface area contributed by atoms with Crippen molar-refractivity contribution in [2.45, 2.75) is 4.90 Å². The van der Waals surface area contributed by atoms with Crippen LogP contribution < -0.4 is 0 Å². The van der Waals surface area contributed by atoms with Crippen molar-refractivity contribution in [2.24, 2.45) is 0 Å². The molecule has 80 valence electrons. The van der Waals surface area contributed by atoms with Crippen molar-refractivity contribution in [2.75, 3.05) is 0 Å². The molecule has 6 heteroatoms. The fourth-order valence-corrected chi connectivity index (χ4v) is 1.48. The minimum absolute atomic E-state index is 0.268. The average molecular weight is 228 g/mol. The molecule has 0 bridgehead atoms. The molecule has 1 rings (SSSR count). The number of carbonyl (C=O) groups is 1. The van der Waals surface area contributed by atoms with Crippen LogP contribution in [0.1, 0.15) is 5.56 Å². The number of hydrogen-bond acceptors (Lipinski definition) is 3. The van der Waals surface area contributed by atoms with Crippen LogP contribution in [0.5, 0.6) is 0 Å². The van der Waals surface area contributed by atoms with Gasteiger partial charge in [0, 0.05) is 6.08 Å². The molecule has 0 aliphatic heterocycles. The van der Waals surface area contributed by atoms with Gasteiger partial charge in [-0.05, 0) is 23.8 Å². The molecule has 0 unspecified atom stereocenters. The Hall–Kier alpha value is -1.66. The maximum atomic E-state index is 10.7. The SMILES string of the molecule is O=C(O)C=Cc1cccc(S(=O)(=O)O)c1. The van der Waals surface area contributed by atoms with E-state index < -0.39 is 16.1 Å². The lowest BCUT2D eigenvalue weighted by Crippen LogP contribution is -1.97. The van der Waals surface area contributed by atoms with Crippen LogP contribution in [-0.4, -0.2) is 24.0 Å². The fourth-order valence-electron chi connectivity index (χ4n) is 0.946. The summed E-state index contributed by atoms with van der Waals surface area (Å²) in [4.78, 5) is 9.93. The van der Waals surface area contributed by atoms with Crippen LogP contribution in [0.15, 0.2) is 35.2 Å². The first-order valence-corrected chi connectivity index (χ1v) is 5.32. The molecule has 0 saturated carbocycles. The van der Waals surface area contributed by atoms with Gasteiger partial charge in [-0.15, -0.1) is 0 Å². The van der Waals surface area contributed by atoms with Crippen LogP contribution in [0.2, 0.25) is 0 Å². The lowest BCUT2D eigenvalue weighted by atomic mass is 10.2. The second-order valence-electron chi connectivity index (χ2n) is 2.72. The first-order valence-electron chi connectivity index (χ1n) is 3.88. The van der Waals surface area contributed by atoms with Gasteiger partial charge in [0.2, 0.25) is 0 Å². The highest BCUT2D eigenvalue weighted by molar-refractivity contribution is 7.85. The molecule has 0 atom stereocenters. The van der Waals surface area contributed by atoms with Crippen molar-refractivity contribution in [3.63, 3.8) is 0 Å². The minimum atomic E-state index is -4.25. The number of hydrogen-bond donors (Lipinski definition) is 2. The van der Waals surface area contributed by atoms with Crippen molar-refractivity contribution in [3.8, 4) is 0 Å². The van der Waals surface area contributed by atoms with E-state index in [1.165, 1.54) is 30.3 Å². The van der Waals surface area contributed by atoms with E-state index in [1.54, 1.807) is 0 Å². The number of rotatable bonds is 3. The second kappa shape index (κ2) is 4.24. The van der Waals surface area contributed by atoms with Crippen molar-refractivity contribution in [1.29, 1.82) is 0 Å². The number of aliphatic carboxylic acids is 1. The summed E-state index contributed by atoms with van der Waals surface area (Å²) in [5.41, 5.74) is 0.382. The Bertz CT molecular complexity index is 501. The first kappa shape index (κ1) is 11.4. The zero-order chi connectivity index (χ0) is 11.5. The molecule has 0 aliphatic carbocycles. The van der Waals surface area contributed by atoms with Gasteiger partial charge in [0.25, 0.3) is 10.1 Å². The monoisotopic (exact) mass is 228 g/mol. The summed E-state index contributed by atoms with van der Waals surface area (Å²) in [5.74, 6) is -1.13. The van der Waals surface area contributed by atoms with Crippen LogP contribution in [-0.2, 0) is 14.9 Å². The summed E-state index contributed by atoms with van der Waals surface area (Å²) in [6.45, 7) is 0. The number of carboxylic acids is 1. The summed E-state index contributed by atoms with van der Waals surface area (Å²) in [7, 11) is -4.25. The Balaban J connectivity index is 3.09. The maximum absolute atomic E-state index is 10.7. The predicted octanol–water partition coefficient (Wildman–Crippen LogP) is 1.03. The quantitative estimate of drug-likeness (QED) is 0.595. The van der Waals surface area contributed by atoms with Crippen molar-refractivity contribution >= 4 is 22.2 Å². The molecular weight excluding hydrogens is 220 g/mol. The Labute approximate surface area is 86.4 Å². The average Bonchev–Trinajstić information content (AvgIpc) is 2.14. The summed E-state index contributed by atoms with van der Waals surface area (Å²) >= 11 is 0. The van der Waals surface area contributed by atoms with E-state index in [1.807, 2.05) is 0 Å². The van der Waals surface area contributed by atoms with Gasteiger partial charge < -0.3 is 5.11 Å². The molecule has 0 radical (unpaired) electrons. The van der Waals surface area contributed by atoms with E-state index in [-0.39, 0.29) is 4.90 Å². The molecule has 0 saturated heterocycles. The molecular formula is C9H8O5S. The van der Waals surface area contributed by atoms with Crippen LogP contribution >= 0.6 is 0 Å². The van der Waals surface area contributed by atoms with Gasteiger partial charge in [-0.3, -0.25) is 4.55 Å². The third-order valence-electron chi connectivity index (χ3n) is 1.57. The van der Waals surface area contributed by atoms with Gasteiger partial charge in [0.15, 0.2) is 0 Å². The van der Waals surface area contributed by atoms with E-state index in [4.69, 9.17) is 9.66 Å². The molecule has 2 N–H and O–H groups in total. The molecule has 5 nitrogen and oxygen atoms in total. The smallest absolute Gasteiger partial charge is 0.328 e. The molecule has 0 fully saturated rings. The van der Waals surface area contributed by atoms with E-state index in [0.29, 0.717) is 5.56 Å². The standard InChI is InChI=1S/C9H8O5S/c10-9(11)5-4-7-2-1-3-8(6-7)15(12,13)14/h1-6H,(H,10,11)(H,12,13,14). The highest BCUT2D eigenvalue weighted by atomic mass is 32.2. The summed E-state index contributed by atoms with van der Waals surface area (Å²) in [5, 5.41) is 8.35. The minimum Gasteiger partial charge on any atom is -0.478 e. The van der Waals surface area contributed by atoms with E-state index in [2.05, 4.69) is 0 Å². The van der Waals surface area contributed by atoms with Crippen LogP contribution in [0.4, 0.5) is 0 Å². The molecule has 0 aromatic heterocycles. The number of carboxylic acid groups (broad SMARTS) is 1. The molecule has 1 aromatic rings. The van der Waals surface area contributed by atoms with Crippen LogP contribution in [0.3, 0.4) is 0 Å². The summed E-state index contributed by atoms with van der Waals surface area (Å²) in [6.07, 6.45) is 2.11. The van der Waals surface area contributed by atoms with Gasteiger partial charge in [-0.2, -0.15) is 8.42 Å². The molecule has 0 aliphatic rings. The van der Waals surface area contributed by atoms with E-state index >= 15 is 0 Å². The Morgan fingerprint density at radius 1 is 1.33 bits per heavy atom. The Morgan fingerprint density at radius 2 is 2.00 bits per heavy atom. The largest absolute Gasteiger partial charge is 0.478 e. The lowest BCUT2D eigenvalue weighted by Gasteiger charge is -1.97. The summed E-state index contributed by atoms with van der Waals surface area (Å²) in [6, 6.07) is 5.32. The predicted molar refractivity (Wildman–Crippen MR) is 52.9 cm³/mol. The van der Waals surface area contributed by atoms with Gasteiger partial charge in [-0.25, -0.2) is 4.79 Å². The van der Waals surface area contributed by atoms with Gasteiger partial charge >= 0.3 is 5.97 Å². The van der Waals surface area contributed by atoms with Crippen molar-refractivity contribution in [3.05, 3.63) is 35.9 Å². The Morgan fingerprint density at radius 3 is 2.53 bits per heavy atom. The third kappa shape index (κ3) is 3.53. The molecule has 0 heterocycles. The molecule has 15 heavy (non-hydrogen) atoms. The van der Waals surface area contributed by atoms with Crippen LogP contribution in [0.25, 0.3) is 6.08 Å². The van der Waals surface area contributed by atoms with Gasteiger partial charge in [-0.1, -0.05) is 12.1 Å². The van der Waals surface area contributed by atoms with Gasteiger partial charge in [0.1, 0.15) is 0 Å². The summed E-state index contributed by atoms with van der Waals surface area (Å²) < 4.78 is 30.2. The zero-order valence-electron chi connectivity index (χ0n) is 7.49. The molecule has 1 aromatic carbocycles. The topological polar surface area (TPSA) is 91.7 Å². The highest BCUT2D eigenvalue weighted by Gasteiger charge is 2.08. The molecule has 0 amide bonds. The van der Waals surface area contributed by atoms with Crippen molar-refractivity contribution in [1.82, 2.24) is 0 Å². The first-order chi connectivity index (χ1) is 6.89. The molecule has 0 spiro atoms. The third-order valence-corrected chi connectivity index (χ3v) is 2.42. The lowest BCUT2D eigenvalue weighted by molar-refractivity contribution is -0.131. The number of benzene rings is 1. The fraction of sp³-hybridized carbons (Fsp3) is 0. The van der Waals surface area contributed by atoms with E-state index in [0.717, 1.165) is 6.08 Å². The second-order valence-corrected chi connectivity index (χ2v) is 4.14. The van der Waals surface area contributed by atoms with E-state index in [9.17, 15) is 13.2 Å². The maximum Gasteiger partial charge on any atom is 0.328 e. The van der Waals surface area contributed by atoms with Crippen molar-refractivity contribution < 1.29 is 22.9 Å². The normalized spacial score (nSPS) is 11.8.